The van der Waals surface area contributed by atoms with E-state index in [4.69, 9.17) is 4.74 Å². The Morgan fingerprint density at radius 2 is 2.24 bits per heavy atom. The molecule has 2 saturated heterocycles. The largest absolute Gasteiger partial charge is 0.500 e. The van der Waals surface area contributed by atoms with E-state index in [0.29, 0.717) is 18.6 Å². The van der Waals surface area contributed by atoms with E-state index < -0.39 is 0 Å². The van der Waals surface area contributed by atoms with Crippen molar-refractivity contribution in [2.75, 3.05) is 13.7 Å². The fourth-order valence-corrected chi connectivity index (χ4v) is 3.86. The maximum atomic E-state index is 11.6. The number of hydrogen-bond acceptors (Lipinski definition) is 4. The summed E-state index contributed by atoms with van der Waals surface area (Å²) in [5.41, 5.74) is 0.818. The first-order chi connectivity index (χ1) is 8.09. The van der Waals surface area contributed by atoms with E-state index in [2.05, 4.69) is 11.9 Å². The van der Waals surface area contributed by atoms with Crippen LogP contribution in [0.2, 0.25) is 0 Å². The molecule has 0 aliphatic carbocycles. The van der Waals surface area contributed by atoms with Crippen LogP contribution in [-0.4, -0.2) is 47.6 Å². The lowest BCUT2D eigenvalue weighted by molar-refractivity contribution is -0.115. The van der Waals surface area contributed by atoms with Crippen molar-refractivity contribution < 1.29 is 14.6 Å². The summed E-state index contributed by atoms with van der Waals surface area (Å²) in [5, 5.41) is 10.1. The highest BCUT2D eigenvalue weighted by atomic mass is 16.5. The lowest BCUT2D eigenvalue weighted by Crippen LogP contribution is -2.51. The number of hydrogen-bond donors (Lipinski definition) is 1. The van der Waals surface area contributed by atoms with Gasteiger partial charge >= 0.3 is 0 Å². The number of rotatable bonds is 1. The molecule has 3 aliphatic heterocycles. The molecule has 4 nitrogen and oxygen atoms in total. The molecular formula is C13H19NO3. The Hall–Kier alpha value is -0.870. The molecule has 0 aromatic rings. The van der Waals surface area contributed by atoms with Crippen LogP contribution in [-0.2, 0) is 9.53 Å². The third-order valence-corrected chi connectivity index (χ3v) is 4.78. The summed E-state index contributed by atoms with van der Waals surface area (Å²) < 4.78 is 5.46. The zero-order chi connectivity index (χ0) is 12.2. The number of aliphatic hydroxyl groups is 1. The summed E-state index contributed by atoms with van der Waals surface area (Å²) in [6.07, 6.45) is 3.09. The molecule has 5 atom stereocenters. The van der Waals surface area contributed by atoms with Crippen molar-refractivity contribution in [3.63, 3.8) is 0 Å². The molecule has 0 aromatic carbocycles. The van der Waals surface area contributed by atoms with Crippen LogP contribution in [0.1, 0.15) is 19.8 Å². The minimum absolute atomic E-state index is 0.109. The van der Waals surface area contributed by atoms with Gasteiger partial charge in [0.25, 0.3) is 0 Å². The molecule has 0 aromatic heterocycles. The van der Waals surface area contributed by atoms with Crippen LogP contribution < -0.4 is 0 Å². The van der Waals surface area contributed by atoms with Gasteiger partial charge < -0.3 is 9.84 Å². The number of fused-ring (bicyclic) bond motifs is 4. The van der Waals surface area contributed by atoms with E-state index in [-0.39, 0.29) is 23.8 Å². The Bertz CT molecular complexity index is 379. The molecule has 3 rings (SSSR count). The maximum Gasteiger partial charge on any atom is 0.159 e. The Labute approximate surface area is 101 Å². The molecule has 94 valence electrons. The Morgan fingerprint density at radius 3 is 2.94 bits per heavy atom. The molecular weight excluding hydrogens is 218 g/mol. The first-order valence-corrected chi connectivity index (χ1v) is 6.32. The number of allylic oxidation sites excluding steroid dienone is 1. The summed E-state index contributed by atoms with van der Waals surface area (Å²) in [5.74, 6) is 0.750. The SMILES string of the molecule is CC(=O)C1=COC[C@@H]2[C@H]1C[C@H]1[C@H](O)C[C@@H]2N1C. The molecule has 3 heterocycles. The number of Topliss-reactive ketones (excluding diaryl/α,β-unsaturated/α-hetero) is 1. The van der Waals surface area contributed by atoms with Crippen molar-refractivity contribution in [3.05, 3.63) is 11.8 Å². The van der Waals surface area contributed by atoms with Gasteiger partial charge in [-0.3, -0.25) is 9.69 Å². The summed E-state index contributed by atoms with van der Waals surface area (Å²) in [7, 11) is 2.08. The van der Waals surface area contributed by atoms with Gasteiger partial charge in [-0.15, -0.1) is 0 Å². The number of piperidine rings is 1. The van der Waals surface area contributed by atoms with Gasteiger partial charge in [-0.05, 0) is 32.7 Å². The van der Waals surface area contributed by atoms with Crippen molar-refractivity contribution in [2.45, 2.75) is 38.0 Å². The molecule has 0 unspecified atom stereocenters. The molecule has 0 amide bonds. The standard InChI is InChI=1S/C13H19NO3/c1-7(15)9-5-17-6-10-8(9)3-12-13(16)4-11(10)14(12)2/h5,8,10-13,16H,3-4,6H2,1-2H3/t8-,10+,11-,12-,13+/m0/s1. The van der Waals surface area contributed by atoms with E-state index in [1.807, 2.05) is 0 Å². The van der Waals surface area contributed by atoms with Crippen molar-refractivity contribution in [2.24, 2.45) is 11.8 Å². The number of carbonyl (C=O) groups is 1. The number of ketones is 1. The Kier molecular flexibility index (Phi) is 2.52. The summed E-state index contributed by atoms with van der Waals surface area (Å²) in [6.45, 7) is 2.28. The van der Waals surface area contributed by atoms with E-state index >= 15 is 0 Å². The Balaban J connectivity index is 1.93. The van der Waals surface area contributed by atoms with Gasteiger partial charge in [0.15, 0.2) is 5.78 Å². The fourth-order valence-electron chi connectivity index (χ4n) is 3.86. The summed E-state index contributed by atoms with van der Waals surface area (Å²) in [4.78, 5) is 13.9. The maximum absolute atomic E-state index is 11.6. The van der Waals surface area contributed by atoms with Gasteiger partial charge in [-0.2, -0.15) is 0 Å². The van der Waals surface area contributed by atoms with E-state index in [9.17, 15) is 9.90 Å². The molecule has 4 heteroatoms. The molecule has 0 saturated carbocycles. The quantitative estimate of drug-likeness (QED) is 0.724. The average Bonchev–Trinajstić information content (AvgIpc) is 2.48. The van der Waals surface area contributed by atoms with Crippen LogP contribution >= 0.6 is 0 Å². The molecule has 0 spiro atoms. The van der Waals surface area contributed by atoms with Crippen molar-refractivity contribution >= 4 is 5.78 Å². The lowest BCUT2D eigenvalue weighted by Gasteiger charge is -2.44. The van der Waals surface area contributed by atoms with Crippen LogP contribution in [0.15, 0.2) is 11.8 Å². The summed E-state index contributed by atoms with van der Waals surface area (Å²) >= 11 is 0. The monoisotopic (exact) mass is 237 g/mol. The van der Waals surface area contributed by atoms with Crippen LogP contribution in [0.3, 0.4) is 0 Å². The topological polar surface area (TPSA) is 49.8 Å². The zero-order valence-electron chi connectivity index (χ0n) is 10.3. The van der Waals surface area contributed by atoms with Crippen molar-refractivity contribution in [3.8, 4) is 0 Å². The third kappa shape index (κ3) is 1.54. The molecule has 0 radical (unpaired) electrons. The Morgan fingerprint density at radius 1 is 1.47 bits per heavy atom. The number of ether oxygens (including phenoxy) is 1. The lowest BCUT2D eigenvalue weighted by atomic mass is 9.74. The second-order valence-corrected chi connectivity index (χ2v) is 5.57. The third-order valence-electron chi connectivity index (χ3n) is 4.78. The van der Waals surface area contributed by atoms with Gasteiger partial charge in [0.05, 0.1) is 19.0 Å². The second kappa shape index (κ2) is 3.82. The van der Waals surface area contributed by atoms with E-state index in [1.54, 1.807) is 13.2 Å². The molecule has 3 aliphatic rings. The van der Waals surface area contributed by atoms with Gasteiger partial charge in [-0.1, -0.05) is 0 Å². The predicted molar refractivity (Wildman–Crippen MR) is 62.3 cm³/mol. The van der Waals surface area contributed by atoms with Crippen molar-refractivity contribution in [1.29, 1.82) is 0 Å². The van der Waals surface area contributed by atoms with Gasteiger partial charge in [0, 0.05) is 23.6 Å². The van der Waals surface area contributed by atoms with Crippen LogP contribution in [0.25, 0.3) is 0 Å². The molecule has 17 heavy (non-hydrogen) atoms. The number of nitrogens with zero attached hydrogens (tertiary/aromatic N) is 1. The minimum atomic E-state index is -0.246. The molecule has 2 bridgehead atoms. The van der Waals surface area contributed by atoms with Crippen LogP contribution in [0.5, 0.6) is 0 Å². The highest BCUT2D eigenvalue weighted by molar-refractivity contribution is 5.93. The average molecular weight is 237 g/mol. The number of likely N-dealkylation sites (N-methyl/N-ethyl adjacent to an activating group) is 1. The molecule has 2 fully saturated rings. The van der Waals surface area contributed by atoms with Gasteiger partial charge in [0.1, 0.15) is 0 Å². The highest BCUT2D eigenvalue weighted by Crippen LogP contribution is 2.46. The molecule has 1 N–H and O–H groups in total. The van der Waals surface area contributed by atoms with Crippen LogP contribution in [0, 0.1) is 11.8 Å². The van der Waals surface area contributed by atoms with Gasteiger partial charge in [-0.25, -0.2) is 0 Å². The summed E-state index contributed by atoms with van der Waals surface area (Å²) in [6, 6.07) is 0.568. The minimum Gasteiger partial charge on any atom is -0.500 e. The van der Waals surface area contributed by atoms with E-state index in [0.717, 1.165) is 18.4 Å². The van der Waals surface area contributed by atoms with Crippen LogP contribution in [0.4, 0.5) is 0 Å². The zero-order valence-corrected chi connectivity index (χ0v) is 10.3. The number of carbonyl (C=O) groups excluding carboxylic acids is 1. The fraction of sp³-hybridized carbons (Fsp3) is 0.769. The van der Waals surface area contributed by atoms with E-state index in [1.165, 1.54) is 0 Å². The first-order valence-electron chi connectivity index (χ1n) is 6.32. The normalized spacial score (nSPS) is 44.9. The first kappa shape index (κ1) is 11.2. The smallest absolute Gasteiger partial charge is 0.159 e. The predicted octanol–water partition coefficient (Wildman–Crippen LogP) is 0.559. The second-order valence-electron chi connectivity index (χ2n) is 5.57. The van der Waals surface area contributed by atoms with Gasteiger partial charge in [0.2, 0.25) is 0 Å². The van der Waals surface area contributed by atoms with Crippen molar-refractivity contribution in [1.82, 2.24) is 4.90 Å². The number of aliphatic hydroxyl groups excluding tert-OH is 1. The highest BCUT2D eigenvalue weighted by Gasteiger charge is 2.52.